The van der Waals surface area contributed by atoms with Gasteiger partial charge in [-0.1, -0.05) is 30.3 Å². The van der Waals surface area contributed by atoms with Crippen molar-refractivity contribution in [3.8, 4) is 0 Å². The highest BCUT2D eigenvalue weighted by Gasteiger charge is 2.10. The van der Waals surface area contributed by atoms with E-state index in [4.69, 9.17) is 0 Å². The maximum Gasteiger partial charge on any atom is 0.317 e. The van der Waals surface area contributed by atoms with Gasteiger partial charge in [0.25, 0.3) is 0 Å². The Labute approximate surface area is 111 Å². The van der Waals surface area contributed by atoms with Crippen LogP contribution in [0.2, 0.25) is 0 Å². The summed E-state index contributed by atoms with van der Waals surface area (Å²) in [5, 5.41) is 9.60. The lowest BCUT2D eigenvalue weighted by atomic mass is 10.2. The number of hydrogen-bond acceptors (Lipinski definition) is 3. The van der Waals surface area contributed by atoms with Crippen LogP contribution in [-0.4, -0.2) is 33.2 Å². The fourth-order valence-electron chi connectivity index (χ4n) is 1.65. The largest absolute Gasteiger partial charge is 0.334 e. The molecular weight excluding hydrogens is 242 g/mol. The molecule has 0 atom stereocenters. The van der Waals surface area contributed by atoms with Crippen LogP contribution in [0.25, 0.3) is 0 Å². The molecule has 0 radical (unpaired) electrons. The average molecular weight is 259 g/mol. The summed E-state index contributed by atoms with van der Waals surface area (Å²) >= 11 is 0. The Morgan fingerprint density at radius 1 is 1.37 bits per heavy atom. The molecule has 100 valence electrons. The number of aromatic amines is 1. The Morgan fingerprint density at radius 3 is 2.74 bits per heavy atom. The molecule has 0 saturated carbocycles. The molecule has 6 nitrogen and oxygen atoms in total. The van der Waals surface area contributed by atoms with Crippen molar-refractivity contribution in [2.24, 2.45) is 0 Å². The van der Waals surface area contributed by atoms with Crippen LogP contribution in [-0.2, 0) is 13.1 Å². The fourth-order valence-corrected chi connectivity index (χ4v) is 1.65. The van der Waals surface area contributed by atoms with E-state index in [0.29, 0.717) is 18.9 Å². The van der Waals surface area contributed by atoms with Crippen molar-refractivity contribution >= 4 is 6.03 Å². The highest BCUT2D eigenvalue weighted by atomic mass is 16.2. The summed E-state index contributed by atoms with van der Waals surface area (Å²) in [5.74, 6) is 1.35. The maximum absolute atomic E-state index is 11.9. The standard InChI is InChI=1S/C13H17N5O/c1-10-15-12(17-16-10)9-18(2)13(19)14-8-11-6-4-3-5-7-11/h3-7H,8-9H2,1-2H3,(H,14,19)(H,15,16,17). The van der Waals surface area contributed by atoms with E-state index in [0.717, 1.165) is 11.4 Å². The molecule has 1 heterocycles. The minimum Gasteiger partial charge on any atom is -0.334 e. The zero-order valence-electron chi connectivity index (χ0n) is 11.1. The van der Waals surface area contributed by atoms with Crippen LogP contribution < -0.4 is 5.32 Å². The lowest BCUT2D eigenvalue weighted by molar-refractivity contribution is 0.205. The molecule has 2 rings (SSSR count). The van der Waals surface area contributed by atoms with Crippen molar-refractivity contribution in [3.63, 3.8) is 0 Å². The van der Waals surface area contributed by atoms with Crippen molar-refractivity contribution < 1.29 is 4.79 Å². The molecule has 0 fully saturated rings. The molecular formula is C13H17N5O. The Morgan fingerprint density at radius 2 is 2.11 bits per heavy atom. The van der Waals surface area contributed by atoms with Gasteiger partial charge in [-0.15, -0.1) is 0 Å². The summed E-state index contributed by atoms with van der Waals surface area (Å²) < 4.78 is 0. The van der Waals surface area contributed by atoms with Crippen molar-refractivity contribution in [2.45, 2.75) is 20.0 Å². The third kappa shape index (κ3) is 3.80. The van der Waals surface area contributed by atoms with E-state index in [1.807, 2.05) is 37.3 Å². The molecule has 1 aromatic heterocycles. The number of aryl methyl sites for hydroxylation is 1. The van der Waals surface area contributed by atoms with Crippen LogP contribution in [0, 0.1) is 6.92 Å². The summed E-state index contributed by atoms with van der Waals surface area (Å²) in [6, 6.07) is 9.63. The predicted molar refractivity (Wildman–Crippen MR) is 71.3 cm³/mol. The molecule has 0 unspecified atom stereocenters. The third-order valence-electron chi connectivity index (χ3n) is 2.66. The Hall–Kier alpha value is -2.37. The maximum atomic E-state index is 11.9. The molecule has 0 aliphatic carbocycles. The number of nitrogens with one attached hydrogen (secondary N) is 2. The lowest BCUT2D eigenvalue weighted by Crippen LogP contribution is -2.36. The number of carbonyl (C=O) groups is 1. The highest BCUT2D eigenvalue weighted by molar-refractivity contribution is 5.73. The number of hydrogen-bond donors (Lipinski definition) is 2. The second kappa shape index (κ2) is 5.99. The summed E-state index contributed by atoms with van der Waals surface area (Å²) in [7, 11) is 1.71. The Balaban J connectivity index is 1.82. The number of nitrogens with zero attached hydrogens (tertiary/aromatic N) is 3. The quantitative estimate of drug-likeness (QED) is 0.872. The number of carbonyl (C=O) groups excluding carboxylic acids is 1. The monoisotopic (exact) mass is 259 g/mol. The van der Waals surface area contributed by atoms with Crippen LogP contribution in [0.5, 0.6) is 0 Å². The van der Waals surface area contributed by atoms with E-state index >= 15 is 0 Å². The van der Waals surface area contributed by atoms with E-state index < -0.39 is 0 Å². The fraction of sp³-hybridized carbons (Fsp3) is 0.308. The number of rotatable bonds is 4. The van der Waals surface area contributed by atoms with Gasteiger partial charge in [0, 0.05) is 13.6 Å². The Kier molecular flexibility index (Phi) is 4.12. The lowest BCUT2D eigenvalue weighted by Gasteiger charge is -2.16. The number of urea groups is 1. The summed E-state index contributed by atoms with van der Waals surface area (Å²) in [5.41, 5.74) is 1.07. The number of amides is 2. The average Bonchev–Trinajstić information content (AvgIpc) is 2.82. The summed E-state index contributed by atoms with van der Waals surface area (Å²) in [6.07, 6.45) is 0. The Bertz CT molecular complexity index is 537. The van der Waals surface area contributed by atoms with Crippen molar-refractivity contribution in [1.82, 2.24) is 25.4 Å². The van der Waals surface area contributed by atoms with Gasteiger partial charge in [0.05, 0.1) is 6.54 Å². The van der Waals surface area contributed by atoms with E-state index in [-0.39, 0.29) is 6.03 Å². The molecule has 2 N–H and O–H groups in total. The number of H-pyrrole nitrogens is 1. The van der Waals surface area contributed by atoms with Gasteiger partial charge in [0.15, 0.2) is 5.82 Å². The molecule has 0 saturated heterocycles. The minimum absolute atomic E-state index is 0.147. The van der Waals surface area contributed by atoms with E-state index in [2.05, 4.69) is 20.5 Å². The first-order valence-corrected chi connectivity index (χ1v) is 6.06. The van der Waals surface area contributed by atoms with Crippen LogP contribution in [0.15, 0.2) is 30.3 Å². The summed E-state index contributed by atoms with van der Waals surface area (Å²) in [6.45, 7) is 2.72. The van der Waals surface area contributed by atoms with Gasteiger partial charge >= 0.3 is 6.03 Å². The van der Waals surface area contributed by atoms with Gasteiger partial charge in [0.2, 0.25) is 0 Å². The van der Waals surface area contributed by atoms with E-state index in [9.17, 15) is 4.79 Å². The van der Waals surface area contributed by atoms with Crippen LogP contribution in [0.1, 0.15) is 17.2 Å². The number of benzene rings is 1. The van der Waals surface area contributed by atoms with Gasteiger partial charge in [-0.2, -0.15) is 5.10 Å². The van der Waals surface area contributed by atoms with Crippen molar-refractivity contribution in [3.05, 3.63) is 47.5 Å². The van der Waals surface area contributed by atoms with Crippen molar-refractivity contribution in [1.29, 1.82) is 0 Å². The molecule has 0 bridgehead atoms. The van der Waals surface area contributed by atoms with E-state index in [1.165, 1.54) is 0 Å². The minimum atomic E-state index is -0.147. The smallest absolute Gasteiger partial charge is 0.317 e. The molecule has 0 aliphatic rings. The van der Waals surface area contributed by atoms with Crippen LogP contribution in [0.4, 0.5) is 4.79 Å². The zero-order chi connectivity index (χ0) is 13.7. The topological polar surface area (TPSA) is 73.9 Å². The van der Waals surface area contributed by atoms with Crippen LogP contribution in [0.3, 0.4) is 0 Å². The van der Waals surface area contributed by atoms with Gasteiger partial charge in [-0.25, -0.2) is 9.78 Å². The first kappa shape index (κ1) is 13.1. The first-order chi connectivity index (χ1) is 9.15. The van der Waals surface area contributed by atoms with E-state index in [1.54, 1.807) is 11.9 Å². The van der Waals surface area contributed by atoms with Crippen molar-refractivity contribution in [2.75, 3.05) is 7.05 Å². The number of aromatic nitrogens is 3. The first-order valence-electron chi connectivity index (χ1n) is 6.06. The second-order valence-corrected chi connectivity index (χ2v) is 4.34. The molecule has 0 aliphatic heterocycles. The van der Waals surface area contributed by atoms with Gasteiger partial charge in [-0.3, -0.25) is 5.10 Å². The molecule has 6 heteroatoms. The SMILES string of the molecule is Cc1nc(CN(C)C(=O)NCc2ccccc2)n[nH]1. The predicted octanol–water partition coefficient (Wildman–Crippen LogP) is 1.45. The molecule has 2 aromatic rings. The zero-order valence-corrected chi connectivity index (χ0v) is 11.1. The van der Waals surface area contributed by atoms with Gasteiger partial charge in [-0.05, 0) is 12.5 Å². The summed E-state index contributed by atoms with van der Waals surface area (Å²) in [4.78, 5) is 17.6. The molecule has 0 spiro atoms. The highest BCUT2D eigenvalue weighted by Crippen LogP contribution is 2.00. The van der Waals surface area contributed by atoms with Gasteiger partial charge < -0.3 is 10.2 Å². The third-order valence-corrected chi connectivity index (χ3v) is 2.66. The molecule has 19 heavy (non-hydrogen) atoms. The van der Waals surface area contributed by atoms with Crippen LogP contribution >= 0.6 is 0 Å². The normalized spacial score (nSPS) is 10.2. The second-order valence-electron chi connectivity index (χ2n) is 4.34. The van der Waals surface area contributed by atoms with Gasteiger partial charge in [0.1, 0.15) is 5.82 Å². The molecule has 2 amide bonds. The molecule has 1 aromatic carbocycles.